The van der Waals surface area contributed by atoms with E-state index >= 15 is 0 Å². The fraction of sp³-hybridized carbons (Fsp3) is 0.200. The summed E-state index contributed by atoms with van der Waals surface area (Å²) in [6, 6.07) is 19.9. The van der Waals surface area contributed by atoms with Gasteiger partial charge in [-0.2, -0.15) is 0 Å². The zero-order valence-corrected chi connectivity index (χ0v) is 23.4. The Morgan fingerprint density at radius 2 is 1.65 bits per heavy atom. The van der Waals surface area contributed by atoms with Gasteiger partial charge in [-0.3, -0.25) is 18.9 Å². The summed E-state index contributed by atoms with van der Waals surface area (Å²) >= 11 is 6.75. The Bertz CT molecular complexity index is 1700. The van der Waals surface area contributed by atoms with Crippen LogP contribution in [0.4, 0.5) is 15.9 Å². The molecule has 4 aromatic rings. The molecule has 2 aromatic heterocycles. The van der Waals surface area contributed by atoms with Crippen LogP contribution < -0.4 is 15.4 Å². The van der Waals surface area contributed by atoms with Crippen LogP contribution in [-0.2, 0) is 11.3 Å². The lowest BCUT2D eigenvalue weighted by Gasteiger charge is -2.37. The van der Waals surface area contributed by atoms with Gasteiger partial charge in [-0.1, -0.05) is 60.4 Å². The Balaban J connectivity index is 1.35. The largest absolute Gasteiger partial charge is 0.368 e. The predicted molar refractivity (Wildman–Crippen MR) is 162 cm³/mol. The number of aryl methyl sites for hydroxylation is 1. The van der Waals surface area contributed by atoms with Crippen molar-refractivity contribution in [1.82, 2.24) is 14.3 Å². The van der Waals surface area contributed by atoms with Gasteiger partial charge in [-0.05, 0) is 54.5 Å². The number of rotatable bonds is 5. The van der Waals surface area contributed by atoms with Gasteiger partial charge in [0.15, 0.2) is 0 Å². The smallest absolute Gasteiger partial charge is 0.267 e. The lowest BCUT2D eigenvalue weighted by atomic mass is 10.2. The highest BCUT2D eigenvalue weighted by Gasteiger charge is 2.33. The van der Waals surface area contributed by atoms with Crippen LogP contribution in [0.3, 0.4) is 0 Å². The average Bonchev–Trinajstić information content (AvgIpc) is 3.23. The SMILES string of the molecule is Cc1ccc2nc(N3CCN(c4ccc(F)cc4)CC3)c(/C=C3/SC(=S)N(Cc4ccccc4)C3=O)c(=O)n2c1. The van der Waals surface area contributed by atoms with Crippen molar-refractivity contribution in [2.24, 2.45) is 0 Å². The summed E-state index contributed by atoms with van der Waals surface area (Å²) in [6.45, 7) is 4.87. The van der Waals surface area contributed by atoms with E-state index in [2.05, 4.69) is 9.80 Å². The second-order valence-electron chi connectivity index (χ2n) is 9.79. The van der Waals surface area contributed by atoms with Crippen molar-refractivity contribution in [2.75, 3.05) is 36.0 Å². The number of nitrogens with zero attached hydrogens (tertiary/aromatic N) is 5. The zero-order valence-electron chi connectivity index (χ0n) is 21.8. The molecule has 1 amide bonds. The first-order chi connectivity index (χ1) is 19.4. The molecule has 0 radical (unpaired) electrons. The fourth-order valence-electron chi connectivity index (χ4n) is 4.98. The lowest BCUT2D eigenvalue weighted by Crippen LogP contribution is -2.47. The summed E-state index contributed by atoms with van der Waals surface area (Å²) in [5.41, 5.74) is 3.52. The van der Waals surface area contributed by atoms with Crippen LogP contribution in [0.15, 0.2) is 82.6 Å². The van der Waals surface area contributed by atoms with Crippen molar-refractivity contribution in [3.8, 4) is 0 Å². The molecule has 0 aliphatic carbocycles. The number of pyridine rings is 1. The molecule has 0 N–H and O–H groups in total. The van der Waals surface area contributed by atoms with Crippen LogP contribution >= 0.6 is 24.0 Å². The average molecular weight is 572 g/mol. The van der Waals surface area contributed by atoms with Gasteiger partial charge in [0.2, 0.25) is 0 Å². The third kappa shape index (κ3) is 5.12. The number of carbonyl (C=O) groups is 1. The van der Waals surface area contributed by atoms with Crippen LogP contribution in [0, 0.1) is 12.7 Å². The summed E-state index contributed by atoms with van der Waals surface area (Å²) in [5.74, 6) is 0.0536. The molecule has 2 aliphatic heterocycles. The quantitative estimate of drug-likeness (QED) is 0.250. The Morgan fingerprint density at radius 1 is 0.950 bits per heavy atom. The van der Waals surface area contributed by atoms with Crippen LogP contribution in [0.25, 0.3) is 11.7 Å². The molecule has 202 valence electrons. The molecule has 7 nitrogen and oxygen atoms in total. The summed E-state index contributed by atoms with van der Waals surface area (Å²) < 4.78 is 15.4. The number of thiocarbonyl (C=S) groups is 1. The van der Waals surface area contributed by atoms with Gasteiger partial charge in [-0.25, -0.2) is 9.37 Å². The number of fused-ring (bicyclic) bond motifs is 1. The molecule has 2 fully saturated rings. The summed E-state index contributed by atoms with van der Waals surface area (Å²) in [4.78, 5) is 38.4. The Hall–Kier alpha value is -4.02. The van der Waals surface area contributed by atoms with Crippen molar-refractivity contribution < 1.29 is 9.18 Å². The highest BCUT2D eigenvalue weighted by molar-refractivity contribution is 8.26. The maximum atomic E-state index is 13.8. The Morgan fingerprint density at radius 3 is 2.38 bits per heavy atom. The van der Waals surface area contributed by atoms with E-state index in [1.54, 1.807) is 29.3 Å². The van der Waals surface area contributed by atoms with Crippen molar-refractivity contribution in [3.63, 3.8) is 0 Å². The molecule has 40 heavy (non-hydrogen) atoms. The van der Waals surface area contributed by atoms with E-state index in [1.165, 1.54) is 28.3 Å². The van der Waals surface area contributed by atoms with E-state index in [-0.39, 0.29) is 17.3 Å². The molecule has 10 heteroatoms. The van der Waals surface area contributed by atoms with E-state index in [9.17, 15) is 14.0 Å². The molecule has 2 saturated heterocycles. The number of piperazine rings is 1. The molecule has 4 heterocycles. The van der Waals surface area contributed by atoms with E-state index < -0.39 is 0 Å². The van der Waals surface area contributed by atoms with Crippen molar-refractivity contribution in [1.29, 1.82) is 0 Å². The van der Waals surface area contributed by atoms with Crippen LogP contribution in [0.1, 0.15) is 16.7 Å². The summed E-state index contributed by atoms with van der Waals surface area (Å²) in [5, 5.41) is 0. The monoisotopic (exact) mass is 571 g/mol. The van der Waals surface area contributed by atoms with Gasteiger partial charge in [-0.15, -0.1) is 0 Å². The molecule has 0 unspecified atom stereocenters. The Kier molecular flexibility index (Phi) is 7.12. The number of thioether (sulfide) groups is 1. The number of hydrogen-bond donors (Lipinski definition) is 0. The van der Waals surface area contributed by atoms with Crippen molar-refractivity contribution in [3.05, 3.63) is 111 Å². The lowest BCUT2D eigenvalue weighted by molar-refractivity contribution is -0.122. The van der Waals surface area contributed by atoms with Crippen LogP contribution in [0.5, 0.6) is 0 Å². The van der Waals surface area contributed by atoms with Gasteiger partial charge in [0, 0.05) is 38.1 Å². The van der Waals surface area contributed by atoms with Gasteiger partial charge in [0.1, 0.15) is 21.6 Å². The third-order valence-electron chi connectivity index (χ3n) is 7.09. The van der Waals surface area contributed by atoms with E-state index in [0.717, 1.165) is 16.8 Å². The first-order valence-electron chi connectivity index (χ1n) is 13.0. The van der Waals surface area contributed by atoms with Crippen LogP contribution in [-0.4, -0.2) is 50.7 Å². The van der Waals surface area contributed by atoms with Crippen molar-refractivity contribution in [2.45, 2.75) is 13.5 Å². The highest BCUT2D eigenvalue weighted by Crippen LogP contribution is 2.34. The van der Waals surface area contributed by atoms with Gasteiger partial charge < -0.3 is 9.80 Å². The number of hydrogen-bond acceptors (Lipinski definition) is 7. The number of halogens is 1. The molecule has 2 aromatic carbocycles. The van der Waals surface area contributed by atoms with Crippen LogP contribution in [0.2, 0.25) is 0 Å². The molecule has 0 atom stereocenters. The van der Waals surface area contributed by atoms with Crippen molar-refractivity contribution >= 4 is 57.4 Å². The second kappa shape index (κ2) is 10.9. The minimum Gasteiger partial charge on any atom is -0.368 e. The standard InChI is InChI=1S/C30H26FN5O2S2/c1-20-7-12-26-32-27(34-15-13-33(14-16-34)23-10-8-22(31)9-11-23)24(28(37)35(26)18-20)17-25-29(38)36(30(39)40-25)19-21-5-3-2-4-6-21/h2-12,17-18H,13-16,19H2,1H3/b25-17+. The highest BCUT2D eigenvalue weighted by atomic mass is 32.2. The summed E-state index contributed by atoms with van der Waals surface area (Å²) in [6.07, 6.45) is 3.41. The maximum absolute atomic E-state index is 13.8. The van der Waals surface area contributed by atoms with Gasteiger partial charge >= 0.3 is 0 Å². The fourth-order valence-corrected chi connectivity index (χ4v) is 6.21. The molecule has 2 aliphatic rings. The number of carbonyl (C=O) groups excluding carboxylic acids is 1. The molecule has 6 rings (SSSR count). The zero-order chi connectivity index (χ0) is 27.8. The first kappa shape index (κ1) is 26.2. The molecular formula is C30H26FN5O2S2. The topological polar surface area (TPSA) is 61.2 Å². The minimum atomic E-state index is -0.266. The summed E-state index contributed by atoms with van der Waals surface area (Å²) in [7, 11) is 0. The molecule has 0 saturated carbocycles. The van der Waals surface area contributed by atoms with E-state index in [4.69, 9.17) is 17.2 Å². The van der Waals surface area contributed by atoms with E-state index in [0.29, 0.717) is 59.0 Å². The van der Waals surface area contributed by atoms with Gasteiger partial charge in [0.05, 0.1) is 17.0 Å². The Labute approximate surface area is 240 Å². The predicted octanol–water partition coefficient (Wildman–Crippen LogP) is 4.87. The first-order valence-corrected chi connectivity index (χ1v) is 14.2. The number of amides is 1. The number of aromatic nitrogens is 2. The minimum absolute atomic E-state index is 0.223. The molecule has 0 spiro atoms. The number of benzene rings is 2. The van der Waals surface area contributed by atoms with E-state index in [1.807, 2.05) is 49.4 Å². The van der Waals surface area contributed by atoms with Gasteiger partial charge in [0.25, 0.3) is 11.5 Å². The maximum Gasteiger partial charge on any atom is 0.267 e. The third-order valence-corrected chi connectivity index (χ3v) is 8.47. The second-order valence-corrected chi connectivity index (χ2v) is 11.5. The normalized spacial score (nSPS) is 16.9. The molecular weight excluding hydrogens is 545 g/mol. The number of anilines is 2. The molecule has 0 bridgehead atoms.